The van der Waals surface area contributed by atoms with Crippen LogP contribution in [0, 0.1) is 0 Å². The van der Waals surface area contributed by atoms with Crippen LogP contribution in [0.15, 0.2) is 45.7 Å². The lowest BCUT2D eigenvalue weighted by Crippen LogP contribution is -2.34. The Labute approximate surface area is 159 Å². The topological polar surface area (TPSA) is 93.9 Å². The lowest BCUT2D eigenvalue weighted by Gasteiger charge is -2.09. The van der Waals surface area contributed by atoms with Gasteiger partial charge >= 0.3 is 5.97 Å². The van der Waals surface area contributed by atoms with Gasteiger partial charge in [0, 0.05) is 17.2 Å². The summed E-state index contributed by atoms with van der Waals surface area (Å²) in [5, 5.41) is -0.539. The number of furan rings is 1. The van der Waals surface area contributed by atoms with Crippen LogP contribution in [-0.2, 0) is 14.3 Å². The number of carbonyl (C=O) groups excluding carboxylic acids is 4. The van der Waals surface area contributed by atoms with E-state index in [-0.39, 0.29) is 10.7 Å². The highest BCUT2D eigenvalue weighted by Crippen LogP contribution is 2.33. The molecular formula is C19H15NO6S. The first-order valence-corrected chi connectivity index (χ1v) is 8.74. The van der Waals surface area contributed by atoms with Crippen LogP contribution in [0.2, 0.25) is 0 Å². The van der Waals surface area contributed by atoms with Crippen molar-refractivity contribution >= 4 is 40.7 Å². The minimum Gasteiger partial charge on any atom is -0.468 e. The first-order chi connectivity index (χ1) is 12.9. The van der Waals surface area contributed by atoms with Crippen molar-refractivity contribution in [2.75, 3.05) is 13.7 Å². The SMILES string of the molecule is COC(=O)CN1C(=O)SC(=Cc2ccc(-c3ccc(C(C)=O)cc3)o2)C1=O. The van der Waals surface area contributed by atoms with Crippen LogP contribution in [0.1, 0.15) is 23.0 Å². The van der Waals surface area contributed by atoms with Crippen molar-refractivity contribution in [1.29, 1.82) is 0 Å². The third kappa shape index (κ3) is 4.01. The van der Waals surface area contributed by atoms with Gasteiger partial charge in [0.1, 0.15) is 18.1 Å². The molecule has 0 spiro atoms. The standard InChI is InChI=1S/C19H15NO6S/c1-11(21)12-3-5-13(6-4-12)15-8-7-14(26-15)9-16-18(23)20(19(24)27-16)10-17(22)25-2/h3-9H,10H2,1-2H3. The van der Waals surface area contributed by atoms with E-state index in [0.717, 1.165) is 22.2 Å². The van der Waals surface area contributed by atoms with Crippen LogP contribution in [0.3, 0.4) is 0 Å². The molecule has 2 amide bonds. The van der Waals surface area contributed by atoms with Crippen LogP contribution in [0.4, 0.5) is 4.79 Å². The van der Waals surface area contributed by atoms with Gasteiger partial charge in [0.05, 0.1) is 12.0 Å². The summed E-state index contributed by atoms with van der Waals surface area (Å²) in [6, 6.07) is 10.3. The summed E-state index contributed by atoms with van der Waals surface area (Å²) in [6.45, 7) is 1.07. The Morgan fingerprint density at radius 3 is 2.48 bits per heavy atom. The summed E-state index contributed by atoms with van der Waals surface area (Å²) < 4.78 is 10.2. The van der Waals surface area contributed by atoms with E-state index in [0.29, 0.717) is 17.1 Å². The van der Waals surface area contributed by atoms with Crippen molar-refractivity contribution in [3.05, 3.63) is 52.6 Å². The molecule has 1 aliphatic heterocycles. The Balaban J connectivity index is 1.78. The monoisotopic (exact) mass is 385 g/mol. The van der Waals surface area contributed by atoms with Gasteiger partial charge in [0.2, 0.25) is 0 Å². The molecule has 0 aliphatic carbocycles. The molecule has 2 aromatic rings. The van der Waals surface area contributed by atoms with Gasteiger partial charge in [-0.15, -0.1) is 0 Å². The largest absolute Gasteiger partial charge is 0.468 e. The fraction of sp³-hybridized carbons (Fsp3) is 0.158. The van der Waals surface area contributed by atoms with Gasteiger partial charge in [-0.25, -0.2) is 0 Å². The average Bonchev–Trinajstić information content (AvgIpc) is 3.22. The number of rotatable bonds is 5. The smallest absolute Gasteiger partial charge is 0.325 e. The maximum absolute atomic E-state index is 12.3. The average molecular weight is 385 g/mol. The zero-order valence-corrected chi connectivity index (χ0v) is 15.4. The molecule has 0 unspecified atom stereocenters. The Hall–Kier alpha value is -3.13. The van der Waals surface area contributed by atoms with Crippen LogP contribution < -0.4 is 0 Å². The molecule has 3 rings (SSSR count). The predicted octanol–water partition coefficient (Wildman–Crippen LogP) is 3.36. The maximum atomic E-state index is 12.3. The summed E-state index contributed by atoms with van der Waals surface area (Å²) >= 11 is 0.733. The number of thioether (sulfide) groups is 1. The Morgan fingerprint density at radius 2 is 1.85 bits per heavy atom. The number of hydrogen-bond acceptors (Lipinski definition) is 7. The van der Waals surface area contributed by atoms with Crippen LogP contribution in [-0.4, -0.2) is 41.5 Å². The summed E-state index contributed by atoms with van der Waals surface area (Å²) in [5.41, 5.74) is 1.38. The van der Waals surface area contributed by atoms with Crippen molar-refractivity contribution in [1.82, 2.24) is 4.90 Å². The molecule has 1 saturated heterocycles. The number of nitrogens with zero attached hydrogens (tertiary/aromatic N) is 1. The number of ketones is 1. The number of carbonyl (C=O) groups is 4. The predicted molar refractivity (Wildman–Crippen MR) is 98.8 cm³/mol. The molecule has 0 atom stereocenters. The third-order valence-electron chi connectivity index (χ3n) is 3.86. The van der Waals surface area contributed by atoms with Gasteiger partial charge in [-0.2, -0.15) is 0 Å². The van der Waals surface area contributed by atoms with E-state index in [1.165, 1.54) is 20.1 Å². The van der Waals surface area contributed by atoms with Gasteiger partial charge in [-0.3, -0.25) is 24.1 Å². The van der Waals surface area contributed by atoms with Crippen molar-refractivity contribution in [2.24, 2.45) is 0 Å². The highest BCUT2D eigenvalue weighted by Gasteiger charge is 2.36. The Bertz CT molecular complexity index is 957. The van der Waals surface area contributed by atoms with Gasteiger partial charge in [-0.05, 0) is 30.8 Å². The highest BCUT2D eigenvalue weighted by atomic mass is 32.2. The molecule has 138 valence electrons. The quantitative estimate of drug-likeness (QED) is 0.442. The van der Waals surface area contributed by atoms with E-state index in [1.807, 2.05) is 0 Å². The van der Waals surface area contributed by atoms with E-state index in [9.17, 15) is 19.2 Å². The zero-order chi connectivity index (χ0) is 19.6. The highest BCUT2D eigenvalue weighted by molar-refractivity contribution is 8.18. The Kier molecular flexibility index (Phi) is 5.27. The second kappa shape index (κ2) is 7.63. The van der Waals surface area contributed by atoms with Crippen LogP contribution in [0.5, 0.6) is 0 Å². The first kappa shape index (κ1) is 18.7. The zero-order valence-electron chi connectivity index (χ0n) is 14.6. The first-order valence-electron chi connectivity index (χ1n) is 7.92. The molecule has 1 aromatic carbocycles. The number of ether oxygens (including phenoxy) is 1. The molecule has 0 radical (unpaired) electrons. The Morgan fingerprint density at radius 1 is 1.15 bits per heavy atom. The van der Waals surface area contributed by atoms with Crippen molar-refractivity contribution in [3.8, 4) is 11.3 Å². The van der Waals surface area contributed by atoms with Crippen molar-refractivity contribution < 1.29 is 28.3 Å². The third-order valence-corrected chi connectivity index (χ3v) is 4.77. The summed E-state index contributed by atoms with van der Waals surface area (Å²) in [7, 11) is 1.19. The van der Waals surface area contributed by atoms with Gasteiger partial charge in [0.25, 0.3) is 11.1 Å². The van der Waals surface area contributed by atoms with E-state index in [1.54, 1.807) is 36.4 Å². The number of amides is 2. The lowest BCUT2D eigenvalue weighted by atomic mass is 10.1. The second-order valence-electron chi connectivity index (χ2n) is 5.68. The van der Waals surface area contributed by atoms with Gasteiger partial charge in [0.15, 0.2) is 5.78 Å². The number of imide groups is 1. The molecule has 8 heteroatoms. The minimum atomic E-state index is -0.673. The molecule has 1 fully saturated rings. The van der Waals surface area contributed by atoms with E-state index in [4.69, 9.17) is 4.42 Å². The number of Topliss-reactive ketones (excluding diaryl/α,β-unsaturated/α-hetero) is 1. The van der Waals surface area contributed by atoms with Gasteiger partial charge in [-0.1, -0.05) is 24.3 Å². The second-order valence-corrected chi connectivity index (χ2v) is 6.67. The summed E-state index contributed by atoms with van der Waals surface area (Å²) in [4.78, 5) is 47.8. The minimum absolute atomic E-state index is 0.0237. The molecule has 7 nitrogen and oxygen atoms in total. The lowest BCUT2D eigenvalue weighted by molar-refractivity contribution is -0.143. The van der Waals surface area contributed by atoms with E-state index >= 15 is 0 Å². The van der Waals surface area contributed by atoms with Crippen LogP contribution >= 0.6 is 11.8 Å². The number of hydrogen-bond donors (Lipinski definition) is 0. The molecule has 1 aromatic heterocycles. The fourth-order valence-corrected chi connectivity index (χ4v) is 3.23. The molecule has 2 heterocycles. The molecule has 0 N–H and O–H groups in total. The maximum Gasteiger partial charge on any atom is 0.325 e. The van der Waals surface area contributed by atoms with Crippen LogP contribution in [0.25, 0.3) is 17.4 Å². The number of benzene rings is 1. The number of esters is 1. The fourth-order valence-electron chi connectivity index (χ4n) is 2.41. The molecular weight excluding hydrogens is 370 g/mol. The van der Waals surface area contributed by atoms with E-state index in [2.05, 4.69) is 4.74 Å². The van der Waals surface area contributed by atoms with E-state index < -0.39 is 23.7 Å². The summed E-state index contributed by atoms with van der Waals surface area (Å²) in [5.74, 6) is -0.314. The summed E-state index contributed by atoms with van der Waals surface area (Å²) in [6.07, 6.45) is 1.45. The normalized spacial score (nSPS) is 15.5. The molecule has 27 heavy (non-hydrogen) atoms. The number of methoxy groups -OCH3 is 1. The van der Waals surface area contributed by atoms with Gasteiger partial charge < -0.3 is 9.15 Å². The molecule has 1 aliphatic rings. The van der Waals surface area contributed by atoms with Crippen molar-refractivity contribution in [2.45, 2.75) is 6.92 Å². The molecule has 0 bridgehead atoms. The van der Waals surface area contributed by atoms with Crippen molar-refractivity contribution in [3.63, 3.8) is 0 Å². The molecule has 0 saturated carbocycles.